The first-order valence-electron chi connectivity index (χ1n) is 6.02. The minimum atomic E-state index is 0.572. The van der Waals surface area contributed by atoms with Crippen LogP contribution in [0.3, 0.4) is 0 Å². The average Bonchev–Trinajstić information content (AvgIpc) is 2.00. The summed E-state index contributed by atoms with van der Waals surface area (Å²) in [5.41, 5.74) is 1.40. The summed E-state index contributed by atoms with van der Waals surface area (Å²) in [4.78, 5) is 0. The first kappa shape index (κ1) is 9.55. The van der Waals surface area contributed by atoms with Gasteiger partial charge in [0.1, 0.15) is 0 Å². The predicted molar refractivity (Wildman–Crippen MR) is 57.7 cm³/mol. The smallest absolute Gasteiger partial charge is 0.0292 e. The standard InChI is InChI=1S/C13H24/c1-12(2,3)11-9-13(10-11)7-5-4-6-8-13/h11H,4-10H2,1-3H3. The quantitative estimate of drug-likeness (QED) is 0.518. The second-order valence-corrected chi connectivity index (χ2v) is 6.53. The van der Waals surface area contributed by atoms with E-state index in [1.165, 1.54) is 32.1 Å². The highest BCUT2D eigenvalue weighted by Crippen LogP contribution is 2.59. The van der Waals surface area contributed by atoms with Gasteiger partial charge in [-0.2, -0.15) is 0 Å². The van der Waals surface area contributed by atoms with Crippen molar-refractivity contribution >= 4 is 0 Å². The molecule has 0 N–H and O–H groups in total. The molecule has 0 atom stereocenters. The molecule has 0 aliphatic heterocycles. The van der Waals surface area contributed by atoms with Crippen molar-refractivity contribution in [2.45, 2.75) is 65.7 Å². The number of hydrogen-bond donors (Lipinski definition) is 0. The zero-order valence-corrected chi connectivity index (χ0v) is 9.53. The Bertz CT molecular complexity index is 171. The summed E-state index contributed by atoms with van der Waals surface area (Å²) < 4.78 is 0. The zero-order chi connectivity index (χ0) is 9.53. The van der Waals surface area contributed by atoms with Gasteiger partial charge in [0.05, 0.1) is 0 Å². The van der Waals surface area contributed by atoms with Gasteiger partial charge in [0.15, 0.2) is 0 Å². The second-order valence-electron chi connectivity index (χ2n) is 6.53. The maximum atomic E-state index is 2.41. The van der Waals surface area contributed by atoms with Crippen LogP contribution in [0, 0.1) is 16.7 Å². The molecule has 0 radical (unpaired) electrons. The number of rotatable bonds is 0. The van der Waals surface area contributed by atoms with Gasteiger partial charge < -0.3 is 0 Å². The van der Waals surface area contributed by atoms with E-state index in [2.05, 4.69) is 20.8 Å². The fourth-order valence-corrected chi connectivity index (χ4v) is 3.31. The van der Waals surface area contributed by atoms with E-state index in [1.54, 1.807) is 12.8 Å². The Hall–Kier alpha value is 0. The SMILES string of the molecule is CC(C)(C)C1CC2(CCCCC2)C1. The van der Waals surface area contributed by atoms with E-state index in [4.69, 9.17) is 0 Å². The third-order valence-electron chi connectivity index (χ3n) is 4.50. The number of hydrogen-bond acceptors (Lipinski definition) is 0. The molecule has 0 aromatic carbocycles. The Balaban J connectivity index is 1.88. The van der Waals surface area contributed by atoms with Crippen molar-refractivity contribution in [3.8, 4) is 0 Å². The Kier molecular flexibility index (Phi) is 2.20. The van der Waals surface area contributed by atoms with E-state index >= 15 is 0 Å². The van der Waals surface area contributed by atoms with Gasteiger partial charge in [-0.15, -0.1) is 0 Å². The van der Waals surface area contributed by atoms with E-state index in [1.807, 2.05) is 0 Å². The third kappa shape index (κ3) is 1.78. The molecule has 0 heterocycles. The van der Waals surface area contributed by atoms with Crippen LogP contribution in [-0.4, -0.2) is 0 Å². The lowest BCUT2D eigenvalue weighted by Gasteiger charge is -2.55. The van der Waals surface area contributed by atoms with Crippen LogP contribution in [-0.2, 0) is 0 Å². The summed E-state index contributed by atoms with van der Waals surface area (Å²) >= 11 is 0. The molecule has 2 rings (SSSR count). The van der Waals surface area contributed by atoms with Crippen molar-refractivity contribution in [3.63, 3.8) is 0 Å². The van der Waals surface area contributed by atoms with Crippen LogP contribution in [0.4, 0.5) is 0 Å². The summed E-state index contributed by atoms with van der Waals surface area (Å²) in [6.07, 6.45) is 10.7. The van der Waals surface area contributed by atoms with Crippen molar-refractivity contribution in [2.24, 2.45) is 16.7 Å². The highest BCUT2D eigenvalue weighted by atomic mass is 14.5. The van der Waals surface area contributed by atoms with Gasteiger partial charge in [0.25, 0.3) is 0 Å². The van der Waals surface area contributed by atoms with Crippen LogP contribution in [0.1, 0.15) is 65.7 Å². The van der Waals surface area contributed by atoms with E-state index < -0.39 is 0 Å². The van der Waals surface area contributed by atoms with Crippen molar-refractivity contribution in [3.05, 3.63) is 0 Å². The maximum Gasteiger partial charge on any atom is -0.0292 e. The molecule has 0 aromatic rings. The molecule has 0 nitrogen and oxygen atoms in total. The lowest BCUT2D eigenvalue weighted by Crippen LogP contribution is -2.44. The Morgan fingerprint density at radius 2 is 1.46 bits per heavy atom. The molecule has 2 saturated carbocycles. The average molecular weight is 180 g/mol. The molecule has 76 valence electrons. The topological polar surface area (TPSA) is 0 Å². The molecule has 0 bridgehead atoms. The van der Waals surface area contributed by atoms with Gasteiger partial charge in [-0.3, -0.25) is 0 Å². The lowest BCUT2D eigenvalue weighted by atomic mass is 9.50. The minimum absolute atomic E-state index is 0.572. The fourth-order valence-electron chi connectivity index (χ4n) is 3.31. The first-order valence-corrected chi connectivity index (χ1v) is 6.02. The zero-order valence-electron chi connectivity index (χ0n) is 9.53. The molecular weight excluding hydrogens is 156 g/mol. The van der Waals surface area contributed by atoms with Gasteiger partial charge in [0.2, 0.25) is 0 Å². The van der Waals surface area contributed by atoms with E-state index in [-0.39, 0.29) is 0 Å². The van der Waals surface area contributed by atoms with Crippen LogP contribution in [0.25, 0.3) is 0 Å². The summed E-state index contributed by atoms with van der Waals surface area (Å²) in [5, 5.41) is 0. The molecule has 0 heteroatoms. The van der Waals surface area contributed by atoms with Crippen LogP contribution >= 0.6 is 0 Å². The Morgan fingerprint density at radius 1 is 0.923 bits per heavy atom. The molecular formula is C13H24. The molecule has 0 amide bonds. The molecule has 2 fully saturated rings. The molecule has 2 aliphatic carbocycles. The molecule has 0 saturated heterocycles. The maximum absolute atomic E-state index is 2.41. The third-order valence-corrected chi connectivity index (χ3v) is 4.50. The molecule has 13 heavy (non-hydrogen) atoms. The van der Waals surface area contributed by atoms with Gasteiger partial charge in [-0.1, -0.05) is 40.0 Å². The van der Waals surface area contributed by atoms with Crippen LogP contribution in [0.5, 0.6) is 0 Å². The van der Waals surface area contributed by atoms with E-state index in [9.17, 15) is 0 Å². The van der Waals surface area contributed by atoms with Crippen LogP contribution in [0.15, 0.2) is 0 Å². The van der Waals surface area contributed by atoms with Crippen molar-refractivity contribution < 1.29 is 0 Å². The molecule has 1 spiro atoms. The van der Waals surface area contributed by atoms with Crippen molar-refractivity contribution in [2.75, 3.05) is 0 Å². The highest BCUT2D eigenvalue weighted by Gasteiger charge is 2.47. The van der Waals surface area contributed by atoms with E-state index in [0.29, 0.717) is 5.41 Å². The van der Waals surface area contributed by atoms with Gasteiger partial charge in [-0.25, -0.2) is 0 Å². The van der Waals surface area contributed by atoms with Gasteiger partial charge in [0, 0.05) is 0 Å². The fraction of sp³-hybridized carbons (Fsp3) is 1.00. The highest BCUT2D eigenvalue weighted by molar-refractivity contribution is 4.98. The largest absolute Gasteiger partial charge is 0.0599 e. The minimum Gasteiger partial charge on any atom is -0.0599 e. The summed E-state index contributed by atoms with van der Waals surface area (Å²) in [6.45, 7) is 7.23. The van der Waals surface area contributed by atoms with Crippen molar-refractivity contribution in [1.29, 1.82) is 0 Å². The first-order chi connectivity index (χ1) is 6.02. The molecule has 0 unspecified atom stereocenters. The Labute approximate surface area is 83.1 Å². The van der Waals surface area contributed by atoms with Crippen molar-refractivity contribution in [1.82, 2.24) is 0 Å². The van der Waals surface area contributed by atoms with Crippen LogP contribution in [0.2, 0.25) is 0 Å². The van der Waals surface area contributed by atoms with Gasteiger partial charge >= 0.3 is 0 Å². The monoisotopic (exact) mass is 180 g/mol. The second kappa shape index (κ2) is 3.00. The molecule has 2 aliphatic rings. The summed E-state index contributed by atoms with van der Waals surface area (Å²) in [7, 11) is 0. The van der Waals surface area contributed by atoms with E-state index in [0.717, 1.165) is 11.3 Å². The summed E-state index contributed by atoms with van der Waals surface area (Å²) in [6, 6.07) is 0. The lowest BCUT2D eigenvalue weighted by molar-refractivity contribution is -0.0395. The summed E-state index contributed by atoms with van der Waals surface area (Å²) in [5.74, 6) is 1.02. The Morgan fingerprint density at radius 3 is 1.92 bits per heavy atom. The van der Waals surface area contributed by atoms with Crippen LogP contribution < -0.4 is 0 Å². The van der Waals surface area contributed by atoms with Gasteiger partial charge in [-0.05, 0) is 42.4 Å². The molecule has 0 aromatic heterocycles. The predicted octanol–water partition coefficient (Wildman–Crippen LogP) is 4.39. The normalized spacial score (nSPS) is 28.8.